The van der Waals surface area contributed by atoms with Gasteiger partial charge in [-0.3, -0.25) is 0 Å². The number of rotatable bonds is 5. The second-order valence-electron chi connectivity index (χ2n) is 4.71. The summed E-state index contributed by atoms with van der Waals surface area (Å²) in [6, 6.07) is 6.88. The van der Waals surface area contributed by atoms with Gasteiger partial charge >= 0.3 is 0 Å². The predicted molar refractivity (Wildman–Crippen MR) is 81.3 cm³/mol. The third-order valence-corrected chi connectivity index (χ3v) is 6.19. The third kappa shape index (κ3) is 3.43. The Bertz CT molecular complexity index is 514. The van der Waals surface area contributed by atoms with Gasteiger partial charge in [0.2, 0.25) is 10.0 Å². The van der Waals surface area contributed by atoms with Crippen molar-refractivity contribution < 1.29 is 8.42 Å². The topological polar surface area (TPSA) is 58.2 Å². The first kappa shape index (κ1) is 14.7. The molecule has 0 saturated heterocycles. The van der Waals surface area contributed by atoms with Crippen molar-refractivity contribution in [3.8, 4) is 0 Å². The Morgan fingerprint density at radius 3 is 2.47 bits per heavy atom. The van der Waals surface area contributed by atoms with Gasteiger partial charge < -0.3 is 5.32 Å². The maximum absolute atomic E-state index is 12.3. The maximum atomic E-state index is 12.3. The van der Waals surface area contributed by atoms with Crippen LogP contribution in [-0.2, 0) is 10.0 Å². The largest absolute Gasteiger partial charge is 0.388 e. The van der Waals surface area contributed by atoms with Crippen molar-refractivity contribution >= 4 is 27.5 Å². The zero-order valence-electron chi connectivity index (χ0n) is 11.2. The van der Waals surface area contributed by atoms with Gasteiger partial charge in [-0.05, 0) is 43.4 Å². The molecule has 2 N–H and O–H groups in total. The molecule has 2 rings (SSSR count). The van der Waals surface area contributed by atoms with Crippen LogP contribution >= 0.6 is 11.8 Å². The molecule has 0 amide bonds. The van der Waals surface area contributed by atoms with Crippen LogP contribution < -0.4 is 10.0 Å². The van der Waals surface area contributed by atoms with E-state index in [0.29, 0.717) is 10.1 Å². The van der Waals surface area contributed by atoms with Crippen LogP contribution in [0.15, 0.2) is 29.2 Å². The lowest BCUT2D eigenvalue weighted by atomic mass is 10.3. The summed E-state index contributed by atoms with van der Waals surface area (Å²) < 4.78 is 27.5. The Morgan fingerprint density at radius 1 is 1.21 bits per heavy atom. The Labute approximate surface area is 119 Å². The third-order valence-electron chi connectivity index (χ3n) is 3.52. The molecule has 4 nitrogen and oxygen atoms in total. The first-order chi connectivity index (χ1) is 9.06. The van der Waals surface area contributed by atoms with E-state index in [4.69, 9.17) is 0 Å². The fraction of sp³-hybridized carbons (Fsp3) is 0.538. The molecule has 1 aliphatic rings. The molecule has 1 saturated carbocycles. The van der Waals surface area contributed by atoms with Gasteiger partial charge in [-0.1, -0.05) is 6.42 Å². The zero-order chi connectivity index (χ0) is 13.9. The van der Waals surface area contributed by atoms with Crippen molar-refractivity contribution in [2.75, 3.05) is 18.6 Å². The van der Waals surface area contributed by atoms with E-state index in [1.807, 2.05) is 13.3 Å². The van der Waals surface area contributed by atoms with Crippen molar-refractivity contribution in [2.24, 2.45) is 0 Å². The van der Waals surface area contributed by atoms with Crippen molar-refractivity contribution in [2.45, 2.75) is 35.4 Å². The molecule has 0 aliphatic heterocycles. The standard InChI is InChI=1S/C13H20N2O2S2/c1-14-10-6-8-11(9-7-10)19(16,17)15-12-4-3-5-13(12)18-2/h6-9,12-15H,3-5H2,1-2H3. The summed E-state index contributed by atoms with van der Waals surface area (Å²) in [6.45, 7) is 0. The molecule has 1 aromatic carbocycles. The molecule has 1 aliphatic carbocycles. The van der Waals surface area contributed by atoms with Gasteiger partial charge in [-0.25, -0.2) is 13.1 Å². The first-order valence-corrected chi connectivity index (χ1v) is 9.17. The normalized spacial score (nSPS) is 23.5. The van der Waals surface area contributed by atoms with E-state index in [9.17, 15) is 8.42 Å². The quantitative estimate of drug-likeness (QED) is 0.876. The molecule has 1 fully saturated rings. The van der Waals surface area contributed by atoms with Gasteiger partial charge in [0, 0.05) is 24.0 Å². The minimum absolute atomic E-state index is 0.0592. The van der Waals surface area contributed by atoms with Gasteiger partial charge in [0.25, 0.3) is 0 Å². The highest BCUT2D eigenvalue weighted by Gasteiger charge is 2.30. The number of hydrogen-bond donors (Lipinski definition) is 2. The van der Waals surface area contributed by atoms with Crippen LogP contribution in [0.25, 0.3) is 0 Å². The van der Waals surface area contributed by atoms with Gasteiger partial charge in [0.05, 0.1) is 4.90 Å². The summed E-state index contributed by atoms with van der Waals surface area (Å²) in [7, 11) is -1.59. The zero-order valence-corrected chi connectivity index (χ0v) is 12.9. The smallest absolute Gasteiger partial charge is 0.240 e. The van der Waals surface area contributed by atoms with E-state index in [2.05, 4.69) is 10.0 Å². The summed E-state index contributed by atoms with van der Waals surface area (Å²) in [5.74, 6) is 0. The average molecular weight is 300 g/mol. The van der Waals surface area contributed by atoms with Crippen LogP contribution in [-0.4, -0.2) is 33.0 Å². The Morgan fingerprint density at radius 2 is 1.89 bits per heavy atom. The van der Waals surface area contributed by atoms with Crippen LogP contribution in [0.1, 0.15) is 19.3 Å². The van der Waals surface area contributed by atoms with E-state index < -0.39 is 10.0 Å². The lowest BCUT2D eigenvalue weighted by molar-refractivity contribution is 0.555. The number of hydrogen-bond acceptors (Lipinski definition) is 4. The molecule has 106 valence electrons. The lowest BCUT2D eigenvalue weighted by Crippen LogP contribution is -2.38. The fourth-order valence-electron chi connectivity index (χ4n) is 2.41. The fourth-order valence-corrected chi connectivity index (χ4v) is 4.74. The molecule has 2 unspecified atom stereocenters. The maximum Gasteiger partial charge on any atom is 0.240 e. The number of nitrogens with one attached hydrogen (secondary N) is 2. The summed E-state index contributed by atoms with van der Waals surface area (Å²) in [6.07, 6.45) is 5.16. The highest BCUT2D eigenvalue weighted by molar-refractivity contribution is 7.99. The molecule has 0 aromatic heterocycles. The Balaban J connectivity index is 2.13. The van der Waals surface area contributed by atoms with Crippen molar-refractivity contribution in [1.82, 2.24) is 4.72 Å². The molecular formula is C13H20N2O2S2. The van der Waals surface area contributed by atoms with Crippen molar-refractivity contribution in [3.63, 3.8) is 0 Å². The number of benzene rings is 1. The number of thioether (sulfide) groups is 1. The Hall–Kier alpha value is -0.720. The summed E-state index contributed by atoms with van der Waals surface area (Å²) in [4.78, 5) is 0.332. The van der Waals surface area contributed by atoms with Gasteiger partial charge in [-0.15, -0.1) is 0 Å². The van der Waals surface area contributed by atoms with Crippen molar-refractivity contribution in [1.29, 1.82) is 0 Å². The highest BCUT2D eigenvalue weighted by Crippen LogP contribution is 2.29. The van der Waals surface area contributed by atoms with Crippen LogP contribution in [0.4, 0.5) is 5.69 Å². The Kier molecular flexibility index (Phi) is 4.76. The number of anilines is 1. The average Bonchev–Trinajstić information content (AvgIpc) is 2.85. The molecule has 19 heavy (non-hydrogen) atoms. The molecule has 6 heteroatoms. The van der Waals surface area contributed by atoms with E-state index in [0.717, 1.165) is 24.9 Å². The molecule has 0 radical (unpaired) electrons. The SMILES string of the molecule is CNc1ccc(S(=O)(=O)NC2CCCC2SC)cc1. The minimum atomic E-state index is -3.40. The number of sulfonamides is 1. The van der Waals surface area contributed by atoms with E-state index >= 15 is 0 Å². The highest BCUT2D eigenvalue weighted by atomic mass is 32.2. The summed E-state index contributed by atoms with van der Waals surface area (Å²) >= 11 is 1.75. The molecular weight excluding hydrogens is 280 g/mol. The van der Waals surface area contributed by atoms with E-state index in [-0.39, 0.29) is 6.04 Å². The van der Waals surface area contributed by atoms with Crippen molar-refractivity contribution in [3.05, 3.63) is 24.3 Å². The predicted octanol–water partition coefficient (Wildman–Crippen LogP) is 2.29. The van der Waals surface area contributed by atoms with Crippen LogP contribution in [0.5, 0.6) is 0 Å². The van der Waals surface area contributed by atoms with Crippen LogP contribution in [0.2, 0.25) is 0 Å². The van der Waals surface area contributed by atoms with Crippen LogP contribution in [0, 0.1) is 0 Å². The van der Waals surface area contributed by atoms with Crippen LogP contribution in [0.3, 0.4) is 0 Å². The molecule has 0 bridgehead atoms. The summed E-state index contributed by atoms with van der Waals surface area (Å²) in [5, 5.41) is 3.37. The molecule has 0 heterocycles. The van der Waals surface area contributed by atoms with E-state index in [1.54, 1.807) is 36.0 Å². The van der Waals surface area contributed by atoms with Gasteiger partial charge in [0.1, 0.15) is 0 Å². The molecule has 1 aromatic rings. The monoisotopic (exact) mass is 300 g/mol. The minimum Gasteiger partial charge on any atom is -0.388 e. The second kappa shape index (κ2) is 6.15. The van der Waals surface area contributed by atoms with E-state index in [1.165, 1.54) is 0 Å². The molecule has 0 spiro atoms. The van der Waals surface area contributed by atoms with Gasteiger partial charge in [-0.2, -0.15) is 11.8 Å². The second-order valence-corrected chi connectivity index (χ2v) is 7.50. The lowest BCUT2D eigenvalue weighted by Gasteiger charge is -2.19. The molecule has 2 atom stereocenters. The summed E-state index contributed by atoms with van der Waals surface area (Å²) in [5.41, 5.74) is 0.904. The van der Waals surface area contributed by atoms with Gasteiger partial charge in [0.15, 0.2) is 0 Å². The first-order valence-electron chi connectivity index (χ1n) is 6.40.